The van der Waals surface area contributed by atoms with Crippen molar-refractivity contribution in [1.29, 1.82) is 0 Å². The molecule has 2 saturated heterocycles. The lowest BCUT2D eigenvalue weighted by Gasteiger charge is -2.35. The van der Waals surface area contributed by atoms with Gasteiger partial charge in [-0.1, -0.05) is 0 Å². The van der Waals surface area contributed by atoms with Gasteiger partial charge in [-0.2, -0.15) is 5.10 Å². The maximum absolute atomic E-state index is 12.1. The van der Waals surface area contributed by atoms with E-state index < -0.39 is 0 Å². The summed E-state index contributed by atoms with van der Waals surface area (Å²) in [5.41, 5.74) is 1.99. The van der Waals surface area contributed by atoms with E-state index in [-0.39, 0.29) is 5.91 Å². The van der Waals surface area contributed by atoms with E-state index >= 15 is 0 Å². The van der Waals surface area contributed by atoms with Crippen molar-refractivity contribution in [3.63, 3.8) is 0 Å². The van der Waals surface area contributed by atoms with Gasteiger partial charge >= 0.3 is 0 Å². The highest BCUT2D eigenvalue weighted by atomic mass is 16.5. The van der Waals surface area contributed by atoms with Crippen molar-refractivity contribution >= 4 is 5.91 Å². The molecule has 0 aliphatic carbocycles. The normalized spacial score (nSPS) is 22.9. The molecule has 0 spiro atoms. The van der Waals surface area contributed by atoms with Gasteiger partial charge in [-0.25, -0.2) is 0 Å². The Morgan fingerprint density at radius 1 is 1.28 bits per heavy atom. The molecule has 0 bridgehead atoms. The maximum atomic E-state index is 12.1. The molecule has 6 nitrogen and oxygen atoms in total. The molecular formula is C19H32N4O2. The van der Waals surface area contributed by atoms with Crippen molar-refractivity contribution in [3.8, 4) is 0 Å². The van der Waals surface area contributed by atoms with E-state index in [0.717, 1.165) is 44.2 Å². The largest absolute Gasteiger partial charge is 0.381 e. The average molecular weight is 348 g/mol. The van der Waals surface area contributed by atoms with Gasteiger partial charge in [0.05, 0.1) is 12.3 Å². The molecule has 1 aromatic heterocycles. The van der Waals surface area contributed by atoms with E-state index in [2.05, 4.69) is 15.3 Å². The van der Waals surface area contributed by atoms with Gasteiger partial charge in [0.15, 0.2) is 0 Å². The molecule has 2 aliphatic heterocycles. The van der Waals surface area contributed by atoms with Crippen LogP contribution in [-0.2, 0) is 16.1 Å². The molecule has 1 N–H and O–H groups in total. The van der Waals surface area contributed by atoms with Crippen LogP contribution in [0.4, 0.5) is 0 Å². The van der Waals surface area contributed by atoms with Gasteiger partial charge in [0.25, 0.3) is 0 Å². The Kier molecular flexibility index (Phi) is 6.48. The molecule has 1 atom stereocenters. The molecule has 1 unspecified atom stereocenters. The van der Waals surface area contributed by atoms with E-state index in [9.17, 15) is 4.79 Å². The first-order valence-electron chi connectivity index (χ1n) is 9.68. The third kappa shape index (κ3) is 5.54. The van der Waals surface area contributed by atoms with Crippen LogP contribution in [0.1, 0.15) is 37.1 Å². The number of amides is 1. The summed E-state index contributed by atoms with van der Waals surface area (Å²) in [6.07, 6.45) is 4.87. The molecule has 2 aliphatic rings. The number of carbonyl (C=O) groups excluding carboxylic acids is 1. The topological polar surface area (TPSA) is 59.4 Å². The Balaban J connectivity index is 1.33. The van der Waals surface area contributed by atoms with E-state index in [1.807, 2.05) is 19.9 Å². The minimum absolute atomic E-state index is 0.0629. The number of nitrogens with zero attached hydrogens (tertiary/aromatic N) is 3. The van der Waals surface area contributed by atoms with Crippen LogP contribution in [0, 0.1) is 25.7 Å². The van der Waals surface area contributed by atoms with Crippen LogP contribution in [0.3, 0.4) is 0 Å². The Hall–Kier alpha value is -1.40. The van der Waals surface area contributed by atoms with Crippen LogP contribution in [-0.4, -0.2) is 60.0 Å². The molecule has 25 heavy (non-hydrogen) atoms. The fourth-order valence-corrected chi connectivity index (χ4v) is 3.97. The summed E-state index contributed by atoms with van der Waals surface area (Å²) in [4.78, 5) is 14.7. The van der Waals surface area contributed by atoms with Crippen molar-refractivity contribution in [2.75, 3.05) is 39.4 Å². The van der Waals surface area contributed by atoms with Gasteiger partial charge in [-0.05, 0) is 70.5 Å². The molecular weight excluding hydrogens is 316 g/mol. The molecule has 0 saturated carbocycles. The molecule has 3 heterocycles. The number of aryl methyl sites for hydroxylation is 2. The fourth-order valence-electron chi connectivity index (χ4n) is 3.97. The number of likely N-dealkylation sites (tertiary alicyclic amines) is 1. The van der Waals surface area contributed by atoms with Crippen LogP contribution < -0.4 is 5.32 Å². The molecule has 6 heteroatoms. The van der Waals surface area contributed by atoms with E-state index in [4.69, 9.17) is 4.74 Å². The van der Waals surface area contributed by atoms with Crippen LogP contribution in [0.5, 0.6) is 0 Å². The van der Waals surface area contributed by atoms with Crippen LogP contribution >= 0.6 is 0 Å². The number of piperidine rings is 1. The van der Waals surface area contributed by atoms with Gasteiger partial charge in [-0.3, -0.25) is 9.48 Å². The number of carbonyl (C=O) groups is 1. The molecule has 0 aromatic carbocycles. The predicted molar refractivity (Wildman–Crippen MR) is 97.4 cm³/mol. The fraction of sp³-hybridized carbons (Fsp3) is 0.789. The number of hydrogen-bond acceptors (Lipinski definition) is 4. The van der Waals surface area contributed by atoms with Gasteiger partial charge < -0.3 is 15.0 Å². The third-order valence-corrected chi connectivity index (χ3v) is 5.46. The second-order valence-electron chi connectivity index (χ2n) is 7.72. The van der Waals surface area contributed by atoms with Crippen LogP contribution in [0.25, 0.3) is 0 Å². The Morgan fingerprint density at radius 3 is 2.72 bits per heavy atom. The molecule has 0 radical (unpaired) electrons. The second-order valence-corrected chi connectivity index (χ2v) is 7.72. The minimum Gasteiger partial charge on any atom is -0.381 e. The van der Waals surface area contributed by atoms with E-state index in [1.165, 1.54) is 32.2 Å². The predicted octanol–water partition coefficient (Wildman–Crippen LogP) is 1.75. The number of aromatic nitrogens is 2. The SMILES string of the molecule is Cc1cc(C)n(CC(=O)NCC2CCN(CC3CCCOC3)CC2)n1. The van der Waals surface area contributed by atoms with Crippen LogP contribution in [0.15, 0.2) is 6.07 Å². The van der Waals surface area contributed by atoms with E-state index in [0.29, 0.717) is 18.4 Å². The Morgan fingerprint density at radius 2 is 2.08 bits per heavy atom. The highest BCUT2D eigenvalue weighted by Crippen LogP contribution is 2.20. The molecule has 1 amide bonds. The Bertz CT molecular complexity index is 558. The molecule has 140 valence electrons. The van der Waals surface area contributed by atoms with Crippen LogP contribution in [0.2, 0.25) is 0 Å². The monoisotopic (exact) mass is 348 g/mol. The van der Waals surface area contributed by atoms with Gasteiger partial charge in [0.2, 0.25) is 5.91 Å². The standard InChI is InChI=1S/C19H32N4O2/c1-15-10-16(2)23(21-15)13-19(24)20-11-17-5-7-22(8-6-17)12-18-4-3-9-25-14-18/h10,17-18H,3-9,11-14H2,1-2H3,(H,20,24). The minimum atomic E-state index is 0.0629. The van der Waals surface area contributed by atoms with Gasteiger partial charge in [0, 0.05) is 25.4 Å². The lowest BCUT2D eigenvalue weighted by atomic mass is 9.94. The molecule has 3 rings (SSSR count). The van der Waals surface area contributed by atoms with Crippen molar-refractivity contribution in [1.82, 2.24) is 20.0 Å². The lowest BCUT2D eigenvalue weighted by Crippen LogP contribution is -2.42. The summed E-state index contributed by atoms with van der Waals surface area (Å²) in [6, 6.07) is 2.00. The van der Waals surface area contributed by atoms with Crippen molar-refractivity contribution in [3.05, 3.63) is 17.5 Å². The van der Waals surface area contributed by atoms with Gasteiger partial charge in [-0.15, -0.1) is 0 Å². The maximum Gasteiger partial charge on any atom is 0.241 e. The second kappa shape index (κ2) is 8.81. The first-order valence-corrected chi connectivity index (χ1v) is 9.68. The van der Waals surface area contributed by atoms with Gasteiger partial charge in [0.1, 0.15) is 6.54 Å². The zero-order valence-electron chi connectivity index (χ0n) is 15.7. The summed E-state index contributed by atoms with van der Waals surface area (Å²) in [5, 5.41) is 7.44. The first-order chi connectivity index (χ1) is 12.1. The summed E-state index contributed by atoms with van der Waals surface area (Å²) in [6.45, 7) is 10.4. The summed E-state index contributed by atoms with van der Waals surface area (Å²) < 4.78 is 7.36. The summed E-state index contributed by atoms with van der Waals surface area (Å²) in [7, 11) is 0. The number of hydrogen-bond donors (Lipinski definition) is 1. The van der Waals surface area contributed by atoms with Crippen molar-refractivity contribution in [2.45, 2.75) is 46.1 Å². The number of rotatable bonds is 6. The zero-order chi connectivity index (χ0) is 17.6. The highest BCUT2D eigenvalue weighted by molar-refractivity contribution is 5.75. The van der Waals surface area contributed by atoms with Crippen molar-refractivity contribution in [2.24, 2.45) is 11.8 Å². The zero-order valence-corrected chi connectivity index (χ0v) is 15.7. The lowest BCUT2D eigenvalue weighted by molar-refractivity contribution is -0.122. The first kappa shape index (κ1) is 18.4. The summed E-state index contributed by atoms with van der Waals surface area (Å²) >= 11 is 0. The highest BCUT2D eigenvalue weighted by Gasteiger charge is 2.23. The van der Waals surface area contributed by atoms with Crippen molar-refractivity contribution < 1.29 is 9.53 Å². The smallest absolute Gasteiger partial charge is 0.241 e. The number of nitrogens with one attached hydrogen (secondary N) is 1. The third-order valence-electron chi connectivity index (χ3n) is 5.46. The average Bonchev–Trinajstić information content (AvgIpc) is 2.92. The quantitative estimate of drug-likeness (QED) is 0.851. The number of ether oxygens (including phenoxy) is 1. The summed E-state index contributed by atoms with van der Waals surface area (Å²) in [5.74, 6) is 1.38. The van der Waals surface area contributed by atoms with E-state index in [1.54, 1.807) is 4.68 Å². The molecule has 1 aromatic rings. The Labute approximate surface area is 150 Å². The molecule has 2 fully saturated rings.